The van der Waals surface area contributed by atoms with Crippen LogP contribution in [0.2, 0.25) is 0 Å². The summed E-state index contributed by atoms with van der Waals surface area (Å²) < 4.78 is 5.39. The number of amides is 3. The second-order valence-electron chi connectivity index (χ2n) is 10.6. The van der Waals surface area contributed by atoms with Crippen LogP contribution in [0.1, 0.15) is 48.2 Å². The van der Waals surface area contributed by atoms with Crippen LogP contribution in [0.5, 0.6) is 5.75 Å². The van der Waals surface area contributed by atoms with Crippen molar-refractivity contribution in [3.63, 3.8) is 0 Å². The monoisotopic (exact) mass is 520 g/mol. The number of nitrogens with one attached hydrogen (secondary N) is 1. The molecule has 2 saturated heterocycles. The van der Waals surface area contributed by atoms with Crippen LogP contribution in [0.15, 0.2) is 48.5 Å². The van der Waals surface area contributed by atoms with Gasteiger partial charge < -0.3 is 24.8 Å². The summed E-state index contributed by atoms with van der Waals surface area (Å²) in [6.07, 6.45) is 1.30. The minimum absolute atomic E-state index is 0.00706. The summed E-state index contributed by atoms with van der Waals surface area (Å²) in [6.45, 7) is 9.35. The molecule has 2 fully saturated rings. The fraction of sp³-hybridized carbons (Fsp3) is 0.500. The molecule has 0 aromatic heterocycles. The van der Waals surface area contributed by atoms with Crippen molar-refractivity contribution in [1.82, 2.24) is 20.0 Å². The summed E-state index contributed by atoms with van der Waals surface area (Å²) in [5, 5.41) is 3.34. The van der Waals surface area contributed by atoms with Gasteiger partial charge in [-0.15, -0.1) is 0 Å². The highest BCUT2D eigenvalue weighted by atomic mass is 16.5. The maximum absolute atomic E-state index is 13.9. The number of ether oxygens (including phenoxy) is 1. The molecular formula is C30H40N4O4. The highest BCUT2D eigenvalue weighted by molar-refractivity contribution is 5.98. The molecule has 0 aliphatic carbocycles. The van der Waals surface area contributed by atoms with Gasteiger partial charge in [0.2, 0.25) is 11.8 Å². The summed E-state index contributed by atoms with van der Waals surface area (Å²) in [5.41, 5.74) is 2.57. The second kappa shape index (κ2) is 12.4. The van der Waals surface area contributed by atoms with Gasteiger partial charge in [-0.3, -0.25) is 14.4 Å². The van der Waals surface area contributed by atoms with Crippen molar-refractivity contribution in [2.24, 2.45) is 5.92 Å². The van der Waals surface area contributed by atoms with E-state index in [1.165, 1.54) is 0 Å². The van der Waals surface area contributed by atoms with Crippen LogP contribution < -0.4 is 10.1 Å². The lowest BCUT2D eigenvalue weighted by Crippen LogP contribution is -2.48. The van der Waals surface area contributed by atoms with E-state index in [2.05, 4.69) is 5.32 Å². The molecule has 0 spiro atoms. The molecule has 3 amide bonds. The van der Waals surface area contributed by atoms with E-state index in [1.807, 2.05) is 79.1 Å². The first-order valence-corrected chi connectivity index (χ1v) is 13.6. The average Bonchev–Trinajstić information content (AvgIpc) is 3.18. The molecule has 0 saturated carbocycles. The minimum atomic E-state index is -0.611. The molecule has 2 heterocycles. The number of hydrogen-bond acceptors (Lipinski definition) is 5. The van der Waals surface area contributed by atoms with Crippen LogP contribution in [0, 0.1) is 12.8 Å². The van der Waals surface area contributed by atoms with Crippen LogP contribution in [0.4, 0.5) is 0 Å². The van der Waals surface area contributed by atoms with Gasteiger partial charge >= 0.3 is 0 Å². The molecule has 2 aromatic carbocycles. The third kappa shape index (κ3) is 6.35. The molecule has 1 N–H and O–H groups in total. The molecular weight excluding hydrogens is 480 g/mol. The number of likely N-dealkylation sites (tertiary alicyclic amines) is 1. The number of nitrogens with zero attached hydrogens (tertiary/aromatic N) is 3. The Morgan fingerprint density at radius 1 is 1.08 bits per heavy atom. The standard InChI is InChI=1S/C30H40N4O4/c1-21(2)28(35)33(19-23-7-5-8-26(17-23)38-4)25-18-27(30(37)32-15-6-13-31-14-16-32)34(20-25)29(36)24-11-9-22(3)10-12-24/h5,7-12,17,21,25,27,31H,6,13-16,18-20H2,1-4H3. The smallest absolute Gasteiger partial charge is 0.254 e. The topological polar surface area (TPSA) is 82.2 Å². The zero-order valence-corrected chi connectivity index (χ0v) is 23.0. The van der Waals surface area contributed by atoms with E-state index in [-0.39, 0.29) is 29.7 Å². The molecule has 2 unspecified atom stereocenters. The summed E-state index contributed by atoms with van der Waals surface area (Å²) in [7, 11) is 1.62. The number of hydrogen-bond donors (Lipinski definition) is 1. The van der Waals surface area contributed by atoms with E-state index in [0.29, 0.717) is 38.2 Å². The van der Waals surface area contributed by atoms with Gasteiger partial charge in [-0.1, -0.05) is 43.7 Å². The molecule has 4 rings (SSSR count). The molecule has 204 valence electrons. The molecule has 2 aliphatic rings. The van der Waals surface area contributed by atoms with E-state index in [4.69, 9.17) is 4.74 Å². The predicted octanol–water partition coefficient (Wildman–Crippen LogP) is 3.09. The first-order valence-electron chi connectivity index (χ1n) is 13.6. The number of methoxy groups -OCH3 is 1. The van der Waals surface area contributed by atoms with Gasteiger partial charge in [0.15, 0.2) is 0 Å². The second-order valence-corrected chi connectivity index (χ2v) is 10.6. The maximum atomic E-state index is 13.9. The number of benzene rings is 2. The minimum Gasteiger partial charge on any atom is -0.497 e. The third-order valence-corrected chi connectivity index (χ3v) is 7.48. The Morgan fingerprint density at radius 3 is 2.55 bits per heavy atom. The predicted molar refractivity (Wildman–Crippen MR) is 147 cm³/mol. The van der Waals surface area contributed by atoms with Gasteiger partial charge in [-0.05, 0) is 56.1 Å². The number of aryl methyl sites for hydroxylation is 1. The van der Waals surface area contributed by atoms with Crippen LogP contribution >= 0.6 is 0 Å². The quantitative estimate of drug-likeness (QED) is 0.607. The fourth-order valence-corrected chi connectivity index (χ4v) is 5.32. The van der Waals surface area contributed by atoms with Crippen LogP contribution in [-0.2, 0) is 16.1 Å². The fourth-order valence-electron chi connectivity index (χ4n) is 5.32. The van der Waals surface area contributed by atoms with E-state index in [0.717, 1.165) is 36.4 Å². The lowest BCUT2D eigenvalue weighted by molar-refractivity contribution is -0.138. The molecule has 8 nitrogen and oxygen atoms in total. The first kappa shape index (κ1) is 27.6. The Morgan fingerprint density at radius 2 is 1.84 bits per heavy atom. The van der Waals surface area contributed by atoms with Gasteiger partial charge in [0, 0.05) is 44.2 Å². The van der Waals surface area contributed by atoms with Crippen molar-refractivity contribution in [3.05, 3.63) is 65.2 Å². The zero-order valence-electron chi connectivity index (χ0n) is 23.0. The first-order chi connectivity index (χ1) is 18.3. The molecule has 0 radical (unpaired) electrons. The Hall–Kier alpha value is -3.39. The maximum Gasteiger partial charge on any atom is 0.254 e. The average molecular weight is 521 g/mol. The number of carbonyl (C=O) groups excluding carboxylic acids is 3. The third-order valence-electron chi connectivity index (χ3n) is 7.48. The highest BCUT2D eigenvalue weighted by Crippen LogP contribution is 2.29. The van der Waals surface area contributed by atoms with Crippen molar-refractivity contribution in [2.75, 3.05) is 39.8 Å². The van der Waals surface area contributed by atoms with Crippen LogP contribution in [-0.4, -0.2) is 84.3 Å². The summed E-state index contributed by atoms with van der Waals surface area (Å²) in [5.74, 6) is 0.317. The molecule has 8 heteroatoms. The Kier molecular flexibility index (Phi) is 9.05. The van der Waals surface area contributed by atoms with E-state index in [1.54, 1.807) is 12.0 Å². The Balaban J connectivity index is 1.65. The number of rotatable bonds is 7. The van der Waals surface area contributed by atoms with Crippen LogP contribution in [0.3, 0.4) is 0 Å². The normalized spacial score (nSPS) is 19.8. The van der Waals surface area contributed by atoms with Gasteiger partial charge in [0.25, 0.3) is 5.91 Å². The van der Waals surface area contributed by atoms with E-state index < -0.39 is 6.04 Å². The molecule has 38 heavy (non-hydrogen) atoms. The molecule has 2 aromatic rings. The van der Waals surface area contributed by atoms with Crippen molar-refractivity contribution in [1.29, 1.82) is 0 Å². The molecule has 2 aliphatic heterocycles. The van der Waals surface area contributed by atoms with Crippen molar-refractivity contribution < 1.29 is 19.1 Å². The summed E-state index contributed by atoms with van der Waals surface area (Å²) in [4.78, 5) is 46.5. The van der Waals surface area contributed by atoms with E-state index >= 15 is 0 Å². The van der Waals surface area contributed by atoms with Crippen LogP contribution in [0.25, 0.3) is 0 Å². The molecule has 2 atom stereocenters. The number of carbonyl (C=O) groups is 3. The SMILES string of the molecule is COc1cccc(CN(C(=O)C(C)C)C2CC(C(=O)N3CCCNCC3)N(C(=O)c3ccc(C)cc3)C2)c1. The Bertz CT molecular complexity index is 1130. The molecule has 0 bridgehead atoms. The van der Waals surface area contributed by atoms with Gasteiger partial charge in [-0.2, -0.15) is 0 Å². The van der Waals surface area contributed by atoms with Crippen molar-refractivity contribution >= 4 is 17.7 Å². The highest BCUT2D eigenvalue weighted by Gasteiger charge is 2.44. The lowest BCUT2D eigenvalue weighted by atomic mass is 10.0. The van der Waals surface area contributed by atoms with Gasteiger partial charge in [0.05, 0.1) is 13.2 Å². The summed E-state index contributed by atoms with van der Waals surface area (Å²) in [6, 6.07) is 14.3. The summed E-state index contributed by atoms with van der Waals surface area (Å²) >= 11 is 0. The van der Waals surface area contributed by atoms with Gasteiger partial charge in [0.1, 0.15) is 11.8 Å². The van der Waals surface area contributed by atoms with Gasteiger partial charge in [-0.25, -0.2) is 0 Å². The van der Waals surface area contributed by atoms with E-state index in [9.17, 15) is 14.4 Å². The van der Waals surface area contributed by atoms with Crippen molar-refractivity contribution in [3.8, 4) is 5.75 Å². The van der Waals surface area contributed by atoms with Crippen molar-refractivity contribution in [2.45, 2.75) is 52.2 Å². The zero-order chi connectivity index (χ0) is 27.2. The lowest BCUT2D eigenvalue weighted by Gasteiger charge is -2.31. The largest absolute Gasteiger partial charge is 0.497 e. The Labute approximate surface area is 225 Å².